The van der Waals surface area contributed by atoms with Crippen molar-refractivity contribution in [3.05, 3.63) is 101 Å². The van der Waals surface area contributed by atoms with E-state index in [1.54, 1.807) is 48.7 Å². The molecule has 0 bridgehead atoms. The molecular formula is C26H24ClFN4O2S. The summed E-state index contributed by atoms with van der Waals surface area (Å²) >= 11 is 4.28. The Labute approximate surface area is 211 Å². The third kappa shape index (κ3) is 6.70. The van der Waals surface area contributed by atoms with E-state index in [0.717, 1.165) is 17.4 Å². The van der Waals surface area contributed by atoms with Crippen LogP contribution < -0.4 is 15.4 Å². The molecule has 180 valence electrons. The number of pyridine rings is 1. The summed E-state index contributed by atoms with van der Waals surface area (Å²) in [6.07, 6.45) is 2.41. The molecule has 1 amide bonds. The van der Waals surface area contributed by atoms with Gasteiger partial charge >= 0.3 is 0 Å². The molecule has 0 radical (unpaired) electrons. The summed E-state index contributed by atoms with van der Waals surface area (Å²) in [4.78, 5) is 17.3. The first kappa shape index (κ1) is 24.9. The van der Waals surface area contributed by atoms with E-state index in [1.165, 1.54) is 6.07 Å². The quantitative estimate of drug-likeness (QED) is 0.205. The van der Waals surface area contributed by atoms with Crippen LogP contribution in [-0.2, 0) is 17.9 Å². The zero-order chi connectivity index (χ0) is 24.6. The minimum absolute atomic E-state index is 0.106. The van der Waals surface area contributed by atoms with Gasteiger partial charge in [-0.3, -0.25) is 9.78 Å². The summed E-state index contributed by atoms with van der Waals surface area (Å²) < 4.78 is 29.0. The van der Waals surface area contributed by atoms with Crippen LogP contribution >= 0.6 is 11.6 Å². The number of hydrogen-bond donors (Lipinski definition) is 3. The highest BCUT2D eigenvalue weighted by molar-refractivity contribution is 7.93. The van der Waals surface area contributed by atoms with Gasteiger partial charge in [-0.15, -0.1) is 0 Å². The smallest absolute Gasteiger partial charge is 0.251 e. The first-order valence-electron chi connectivity index (χ1n) is 11.1. The van der Waals surface area contributed by atoms with Crippen molar-refractivity contribution in [2.75, 3.05) is 17.8 Å². The van der Waals surface area contributed by atoms with Gasteiger partial charge in [0, 0.05) is 30.2 Å². The molecule has 0 unspecified atom stereocenters. The Hall–Kier alpha value is -3.17. The third-order valence-electron chi connectivity index (χ3n) is 5.28. The zero-order valence-corrected chi connectivity index (χ0v) is 20.3. The fraction of sp³-hybridized carbons (Fsp3) is 0.154. The first-order chi connectivity index (χ1) is 17.0. The van der Waals surface area contributed by atoms with Crippen LogP contribution in [0.4, 0.5) is 10.1 Å². The Morgan fingerprint density at radius 2 is 1.83 bits per heavy atom. The van der Waals surface area contributed by atoms with Gasteiger partial charge in [-0.05, 0) is 67.1 Å². The van der Waals surface area contributed by atoms with E-state index in [1.807, 2.05) is 24.3 Å². The van der Waals surface area contributed by atoms with Gasteiger partial charge in [0.2, 0.25) is 4.90 Å². The van der Waals surface area contributed by atoms with Gasteiger partial charge in [0.15, 0.2) is 0 Å². The Morgan fingerprint density at radius 3 is 2.63 bits per heavy atom. The normalized spacial score (nSPS) is 11.9. The maximum absolute atomic E-state index is 13.2. The van der Waals surface area contributed by atoms with Crippen LogP contribution in [0.3, 0.4) is 0 Å². The summed E-state index contributed by atoms with van der Waals surface area (Å²) in [6.45, 7) is 1.76. The summed E-state index contributed by atoms with van der Waals surface area (Å²) in [5, 5.41) is 7.15. The monoisotopic (exact) mass is 510 g/mol. The van der Waals surface area contributed by atoms with Crippen molar-refractivity contribution in [2.24, 2.45) is 0 Å². The molecule has 6 nitrogen and oxygen atoms in total. The molecule has 35 heavy (non-hydrogen) atoms. The number of fused-ring (bicyclic) bond motifs is 1. The Kier molecular flexibility index (Phi) is 8.54. The number of para-hydroxylation sites is 1. The molecule has 1 heterocycles. The topological polar surface area (TPSA) is 89.1 Å². The number of halogens is 2. The van der Waals surface area contributed by atoms with E-state index < -0.39 is 17.2 Å². The van der Waals surface area contributed by atoms with Crippen LogP contribution in [0.15, 0.2) is 83.9 Å². The molecule has 0 aliphatic carbocycles. The highest BCUT2D eigenvalue weighted by Gasteiger charge is 2.17. The van der Waals surface area contributed by atoms with Crippen molar-refractivity contribution >= 4 is 45.5 Å². The number of carbonyl (C=O) groups is 1. The second-order valence-corrected chi connectivity index (χ2v) is 9.40. The minimum atomic E-state index is -1.50. The van der Waals surface area contributed by atoms with E-state index >= 15 is 0 Å². The number of carbonyl (C=O) groups excluding carboxylic acids is 1. The predicted octanol–water partition coefficient (Wildman–Crippen LogP) is 5.07. The molecule has 1 aromatic heterocycles. The lowest BCUT2D eigenvalue weighted by molar-refractivity contribution is 0.0953. The summed E-state index contributed by atoms with van der Waals surface area (Å²) in [5.74, 6) is -0.612. The lowest BCUT2D eigenvalue weighted by Gasteiger charge is -2.13. The van der Waals surface area contributed by atoms with Crippen LogP contribution in [0.5, 0.6) is 0 Å². The van der Waals surface area contributed by atoms with Gasteiger partial charge in [-0.1, -0.05) is 35.9 Å². The molecule has 0 aliphatic rings. The van der Waals surface area contributed by atoms with E-state index in [9.17, 15) is 13.7 Å². The number of hydrogen-bond acceptors (Lipinski definition) is 5. The number of benzene rings is 3. The fourth-order valence-electron chi connectivity index (χ4n) is 3.48. The molecule has 0 saturated carbocycles. The summed E-state index contributed by atoms with van der Waals surface area (Å²) in [7, 11) is 0. The maximum atomic E-state index is 13.2. The minimum Gasteiger partial charge on any atom is -0.588 e. The molecule has 0 saturated heterocycles. The van der Waals surface area contributed by atoms with Crippen LogP contribution in [0.1, 0.15) is 22.3 Å². The first-order valence-corrected chi connectivity index (χ1v) is 12.6. The standard InChI is InChI=1S/C26H24ClFN4O2S/c27-22-16-18(7-12-23(22)28)17-29-13-3-15-31-26(33)20-8-10-21(11-9-20)32-35(34)24-6-1-4-19-5-2-14-30-25(19)24/h1-2,4-12,14,16,29,32H,3,13,15,17H2,(H,31,33)/t35-/m0/s1. The second kappa shape index (κ2) is 12.0. The average Bonchev–Trinajstić information content (AvgIpc) is 2.88. The average molecular weight is 511 g/mol. The van der Waals surface area contributed by atoms with E-state index in [0.29, 0.717) is 41.3 Å². The highest BCUT2D eigenvalue weighted by atomic mass is 35.5. The Morgan fingerprint density at radius 1 is 1.03 bits per heavy atom. The van der Waals surface area contributed by atoms with Crippen LogP contribution in [0.25, 0.3) is 10.9 Å². The van der Waals surface area contributed by atoms with Gasteiger partial charge in [0.25, 0.3) is 5.91 Å². The predicted molar refractivity (Wildman–Crippen MR) is 138 cm³/mol. The SMILES string of the molecule is O=C(NCCCNCc1ccc(F)c(Cl)c1)c1ccc(N[S@@+]([O-])c2cccc3cccnc23)cc1. The maximum Gasteiger partial charge on any atom is 0.251 e. The van der Waals surface area contributed by atoms with Crippen molar-refractivity contribution in [3.8, 4) is 0 Å². The number of nitrogens with zero attached hydrogens (tertiary/aromatic N) is 1. The van der Waals surface area contributed by atoms with Crippen LogP contribution in [0.2, 0.25) is 5.02 Å². The van der Waals surface area contributed by atoms with E-state index in [4.69, 9.17) is 11.6 Å². The molecule has 3 aromatic carbocycles. The molecule has 9 heteroatoms. The fourth-order valence-corrected chi connectivity index (χ4v) is 4.69. The van der Waals surface area contributed by atoms with Crippen molar-refractivity contribution < 1.29 is 13.7 Å². The van der Waals surface area contributed by atoms with Crippen molar-refractivity contribution in [3.63, 3.8) is 0 Å². The molecule has 4 rings (SSSR count). The Balaban J connectivity index is 1.21. The van der Waals surface area contributed by atoms with E-state index in [2.05, 4.69) is 20.3 Å². The number of rotatable bonds is 10. The van der Waals surface area contributed by atoms with Gasteiger partial charge in [0.05, 0.1) is 10.7 Å². The largest absolute Gasteiger partial charge is 0.588 e. The lowest BCUT2D eigenvalue weighted by Crippen LogP contribution is -2.27. The number of amides is 1. The lowest BCUT2D eigenvalue weighted by atomic mass is 10.2. The van der Waals surface area contributed by atoms with Crippen molar-refractivity contribution in [1.29, 1.82) is 0 Å². The van der Waals surface area contributed by atoms with Crippen molar-refractivity contribution in [2.45, 2.75) is 17.9 Å². The molecule has 3 N–H and O–H groups in total. The van der Waals surface area contributed by atoms with Gasteiger partial charge in [-0.25, -0.2) is 9.11 Å². The number of aromatic nitrogens is 1. The molecule has 4 aromatic rings. The number of nitrogens with one attached hydrogen (secondary N) is 3. The number of anilines is 1. The highest BCUT2D eigenvalue weighted by Crippen LogP contribution is 2.23. The molecule has 0 aliphatic heterocycles. The van der Waals surface area contributed by atoms with Gasteiger partial charge < -0.3 is 15.2 Å². The van der Waals surface area contributed by atoms with E-state index in [-0.39, 0.29) is 10.9 Å². The molecule has 1 atom stereocenters. The second-order valence-electron chi connectivity index (χ2n) is 7.81. The van der Waals surface area contributed by atoms with Gasteiger partial charge in [0.1, 0.15) is 22.7 Å². The molecule has 0 fully saturated rings. The Bertz CT molecular complexity index is 1300. The van der Waals surface area contributed by atoms with Crippen LogP contribution in [-0.4, -0.2) is 28.5 Å². The summed E-state index contributed by atoms with van der Waals surface area (Å²) in [6, 6.07) is 20.8. The van der Waals surface area contributed by atoms with Crippen LogP contribution in [0, 0.1) is 5.82 Å². The third-order valence-corrected chi connectivity index (χ3v) is 6.72. The van der Waals surface area contributed by atoms with Crippen molar-refractivity contribution in [1.82, 2.24) is 15.6 Å². The summed E-state index contributed by atoms with van der Waals surface area (Å²) in [5.41, 5.74) is 2.74. The van der Waals surface area contributed by atoms with Gasteiger partial charge in [-0.2, -0.15) is 0 Å². The molecular weight excluding hydrogens is 487 g/mol. The molecule has 0 spiro atoms. The zero-order valence-electron chi connectivity index (χ0n) is 18.8.